The van der Waals surface area contributed by atoms with Gasteiger partial charge in [0.25, 0.3) is 0 Å². The summed E-state index contributed by atoms with van der Waals surface area (Å²) in [7, 11) is 0. The number of hydrogen-bond donors (Lipinski definition) is 0. The Labute approximate surface area is 63.5 Å². The molecule has 1 heterocycles. The number of hydrogen-bond acceptors (Lipinski definition) is 1. The fraction of sp³-hybridized carbons (Fsp3) is 0. The first-order valence-electron chi connectivity index (χ1n) is 3.28. The fourth-order valence-electron chi connectivity index (χ4n) is 0.981. The zero-order valence-electron chi connectivity index (χ0n) is 5.71. The first kappa shape index (κ1) is 6.28. The Bertz CT molecular complexity index is 384. The van der Waals surface area contributed by atoms with Gasteiger partial charge in [0.15, 0.2) is 0 Å². The van der Waals surface area contributed by atoms with Gasteiger partial charge >= 0.3 is 0 Å². The maximum atomic E-state index is 12.5. The van der Waals surface area contributed by atoms with Gasteiger partial charge in [-0.25, -0.2) is 4.39 Å². The summed E-state index contributed by atoms with van der Waals surface area (Å²) in [4.78, 5) is 3.98. The molecule has 1 aromatic carbocycles. The summed E-state index contributed by atoms with van der Waals surface area (Å²) in [6.45, 7) is 0. The van der Waals surface area contributed by atoms with E-state index in [4.69, 9.17) is 0 Å². The van der Waals surface area contributed by atoms with Crippen molar-refractivity contribution in [2.45, 2.75) is 0 Å². The van der Waals surface area contributed by atoms with Crippen molar-refractivity contribution >= 4 is 10.9 Å². The van der Waals surface area contributed by atoms with Crippen LogP contribution in [0.5, 0.6) is 0 Å². The van der Waals surface area contributed by atoms with Crippen molar-refractivity contribution < 1.29 is 4.39 Å². The Hall–Kier alpha value is -1.44. The van der Waals surface area contributed by atoms with Crippen LogP contribution in [0.3, 0.4) is 0 Å². The molecule has 0 spiro atoms. The van der Waals surface area contributed by atoms with Gasteiger partial charge in [0, 0.05) is 23.7 Å². The molecule has 1 aromatic heterocycles. The van der Waals surface area contributed by atoms with Crippen molar-refractivity contribution in [3.8, 4) is 0 Å². The largest absolute Gasteiger partial charge is 0.256 e. The lowest BCUT2D eigenvalue weighted by atomic mass is 10.2. The highest BCUT2D eigenvalue weighted by Crippen LogP contribution is 2.10. The maximum absolute atomic E-state index is 12.5. The Morgan fingerprint density at radius 2 is 2.36 bits per heavy atom. The molecule has 0 fully saturated rings. The lowest BCUT2D eigenvalue weighted by molar-refractivity contribution is 0.627. The van der Waals surface area contributed by atoms with E-state index < -0.39 is 0 Å². The molecule has 0 unspecified atom stereocenters. The molecule has 0 aliphatic rings. The van der Waals surface area contributed by atoms with Gasteiger partial charge in [0.05, 0.1) is 5.52 Å². The SMILES string of the molecule is Fc1[c]cc2cccnc2c1. The molecular weight excluding hydrogens is 141 g/mol. The lowest BCUT2D eigenvalue weighted by Crippen LogP contribution is -1.78. The van der Waals surface area contributed by atoms with E-state index in [0.29, 0.717) is 5.52 Å². The van der Waals surface area contributed by atoms with Crippen LogP contribution in [0.15, 0.2) is 30.5 Å². The predicted octanol–water partition coefficient (Wildman–Crippen LogP) is 2.17. The Kier molecular flexibility index (Phi) is 1.32. The quantitative estimate of drug-likeness (QED) is 0.555. The van der Waals surface area contributed by atoms with Crippen molar-refractivity contribution in [3.05, 3.63) is 42.3 Å². The number of pyridine rings is 1. The maximum Gasteiger partial charge on any atom is 0.133 e. The third-order valence-corrected chi connectivity index (χ3v) is 1.50. The van der Waals surface area contributed by atoms with Crippen molar-refractivity contribution in [1.82, 2.24) is 4.98 Å². The molecule has 2 heteroatoms. The summed E-state index contributed by atoms with van der Waals surface area (Å²) in [6, 6.07) is 9.12. The zero-order valence-corrected chi connectivity index (χ0v) is 5.71. The number of fused-ring (bicyclic) bond motifs is 1. The van der Waals surface area contributed by atoms with E-state index >= 15 is 0 Å². The minimum atomic E-state index is -0.365. The smallest absolute Gasteiger partial charge is 0.133 e. The molecule has 0 saturated heterocycles. The summed E-state index contributed by atoms with van der Waals surface area (Å²) in [5.41, 5.74) is 0.670. The molecule has 0 amide bonds. The number of halogens is 1. The number of benzene rings is 1. The standard InChI is InChI=1S/C9H5FN/c10-8-4-3-7-2-1-5-11-9(7)6-8/h1-3,5-6H. The lowest BCUT2D eigenvalue weighted by Gasteiger charge is -1.93. The third-order valence-electron chi connectivity index (χ3n) is 1.50. The second-order valence-corrected chi connectivity index (χ2v) is 2.26. The number of aromatic nitrogens is 1. The van der Waals surface area contributed by atoms with Crippen LogP contribution in [-0.4, -0.2) is 4.98 Å². The molecule has 2 aromatic rings. The molecule has 0 bridgehead atoms. The van der Waals surface area contributed by atoms with Gasteiger partial charge in [-0.15, -0.1) is 0 Å². The molecule has 1 radical (unpaired) electrons. The summed E-state index contributed by atoms with van der Waals surface area (Å²) in [5, 5.41) is 0.911. The Balaban J connectivity index is 2.83. The zero-order chi connectivity index (χ0) is 7.68. The van der Waals surface area contributed by atoms with Gasteiger partial charge in [-0.05, 0) is 12.1 Å². The molecule has 11 heavy (non-hydrogen) atoms. The minimum Gasteiger partial charge on any atom is -0.256 e. The highest BCUT2D eigenvalue weighted by molar-refractivity contribution is 5.77. The topological polar surface area (TPSA) is 12.9 Å². The molecule has 53 valence electrons. The molecule has 0 atom stereocenters. The van der Waals surface area contributed by atoms with Crippen molar-refractivity contribution in [2.24, 2.45) is 0 Å². The first-order chi connectivity index (χ1) is 5.36. The second-order valence-electron chi connectivity index (χ2n) is 2.26. The van der Waals surface area contributed by atoms with E-state index in [1.54, 1.807) is 12.3 Å². The van der Waals surface area contributed by atoms with Crippen molar-refractivity contribution in [3.63, 3.8) is 0 Å². The van der Waals surface area contributed by atoms with Crippen LogP contribution >= 0.6 is 0 Å². The number of nitrogens with zero attached hydrogens (tertiary/aromatic N) is 1. The van der Waals surface area contributed by atoms with Gasteiger partial charge in [-0.1, -0.05) is 6.07 Å². The first-order valence-corrected chi connectivity index (χ1v) is 3.28. The van der Waals surface area contributed by atoms with E-state index in [0.717, 1.165) is 5.39 Å². The molecule has 0 aliphatic carbocycles. The van der Waals surface area contributed by atoms with Gasteiger partial charge in [-0.2, -0.15) is 0 Å². The Morgan fingerprint density at radius 1 is 1.45 bits per heavy atom. The van der Waals surface area contributed by atoms with Crippen LogP contribution in [-0.2, 0) is 0 Å². The van der Waals surface area contributed by atoms with E-state index in [-0.39, 0.29) is 5.82 Å². The molecule has 1 nitrogen and oxygen atoms in total. The summed E-state index contributed by atoms with van der Waals surface area (Å²) < 4.78 is 12.5. The van der Waals surface area contributed by atoms with E-state index in [1.807, 2.05) is 12.1 Å². The van der Waals surface area contributed by atoms with Crippen molar-refractivity contribution in [2.75, 3.05) is 0 Å². The van der Waals surface area contributed by atoms with Gasteiger partial charge in [0.1, 0.15) is 5.82 Å². The van der Waals surface area contributed by atoms with Crippen LogP contribution in [0.2, 0.25) is 0 Å². The molecule has 2 rings (SSSR count). The third kappa shape index (κ3) is 1.07. The van der Waals surface area contributed by atoms with Gasteiger partial charge in [0.2, 0.25) is 0 Å². The average Bonchev–Trinajstić information content (AvgIpc) is 2.04. The summed E-state index contributed by atoms with van der Waals surface area (Å²) in [6.07, 6.45) is 1.64. The van der Waals surface area contributed by atoms with Gasteiger partial charge < -0.3 is 0 Å². The summed E-state index contributed by atoms with van der Waals surface area (Å²) >= 11 is 0. The van der Waals surface area contributed by atoms with Crippen LogP contribution < -0.4 is 0 Å². The van der Waals surface area contributed by atoms with E-state index in [1.165, 1.54) is 6.07 Å². The highest BCUT2D eigenvalue weighted by atomic mass is 19.1. The highest BCUT2D eigenvalue weighted by Gasteiger charge is 1.94. The van der Waals surface area contributed by atoms with E-state index in [9.17, 15) is 4.39 Å². The monoisotopic (exact) mass is 146 g/mol. The fourth-order valence-corrected chi connectivity index (χ4v) is 0.981. The van der Waals surface area contributed by atoms with Crippen LogP contribution in [0.4, 0.5) is 4.39 Å². The Morgan fingerprint density at radius 3 is 3.27 bits per heavy atom. The van der Waals surface area contributed by atoms with Crippen molar-refractivity contribution in [1.29, 1.82) is 0 Å². The molecular formula is C9H5FN. The van der Waals surface area contributed by atoms with Crippen LogP contribution in [0.25, 0.3) is 10.9 Å². The normalized spacial score (nSPS) is 10.3. The minimum absolute atomic E-state index is 0.365. The van der Waals surface area contributed by atoms with Crippen LogP contribution in [0.1, 0.15) is 0 Å². The van der Waals surface area contributed by atoms with E-state index in [2.05, 4.69) is 11.1 Å². The summed E-state index contributed by atoms with van der Waals surface area (Å²) in [5.74, 6) is -0.365. The molecule has 0 saturated carbocycles. The second kappa shape index (κ2) is 2.31. The molecule has 0 aliphatic heterocycles. The average molecular weight is 146 g/mol. The number of rotatable bonds is 0. The predicted molar refractivity (Wildman–Crippen MR) is 40.5 cm³/mol. The molecule has 0 N–H and O–H groups in total. The van der Waals surface area contributed by atoms with Gasteiger partial charge in [-0.3, -0.25) is 4.98 Å². The van der Waals surface area contributed by atoms with Crippen LogP contribution in [0, 0.1) is 11.9 Å².